The maximum atomic E-state index is 12.0. The Bertz CT molecular complexity index is 415. The van der Waals surface area contributed by atoms with Gasteiger partial charge in [0.15, 0.2) is 0 Å². The SMILES string of the molecule is CCc1ccc(C(C)NC(=O)N(C)CCC(C)O)cc1. The van der Waals surface area contributed by atoms with Gasteiger partial charge in [-0.2, -0.15) is 0 Å². The molecule has 1 rings (SSSR count). The summed E-state index contributed by atoms with van der Waals surface area (Å²) in [5.74, 6) is 0. The van der Waals surface area contributed by atoms with Crippen LogP contribution in [0, 0.1) is 0 Å². The van der Waals surface area contributed by atoms with Gasteiger partial charge < -0.3 is 15.3 Å². The highest BCUT2D eigenvalue weighted by Gasteiger charge is 2.13. The van der Waals surface area contributed by atoms with Crippen molar-refractivity contribution in [2.24, 2.45) is 0 Å². The van der Waals surface area contributed by atoms with Crippen molar-refractivity contribution in [3.05, 3.63) is 35.4 Å². The number of aliphatic hydroxyl groups excluding tert-OH is 1. The van der Waals surface area contributed by atoms with E-state index in [1.54, 1.807) is 18.9 Å². The number of hydrogen-bond acceptors (Lipinski definition) is 2. The van der Waals surface area contributed by atoms with E-state index in [9.17, 15) is 9.90 Å². The van der Waals surface area contributed by atoms with Gasteiger partial charge in [0.05, 0.1) is 12.1 Å². The number of aryl methyl sites for hydroxylation is 1. The number of urea groups is 1. The average Bonchev–Trinajstić information content (AvgIpc) is 2.44. The van der Waals surface area contributed by atoms with Crippen LogP contribution < -0.4 is 5.32 Å². The molecule has 0 saturated heterocycles. The van der Waals surface area contributed by atoms with Crippen LogP contribution in [0.4, 0.5) is 4.79 Å². The predicted molar refractivity (Wildman–Crippen MR) is 81.7 cm³/mol. The van der Waals surface area contributed by atoms with Crippen molar-refractivity contribution in [1.82, 2.24) is 10.2 Å². The summed E-state index contributed by atoms with van der Waals surface area (Å²) in [6.45, 7) is 6.37. The maximum absolute atomic E-state index is 12.0. The molecule has 0 fully saturated rings. The zero-order valence-electron chi connectivity index (χ0n) is 12.9. The molecule has 1 aromatic rings. The van der Waals surface area contributed by atoms with Crippen LogP contribution in [0.2, 0.25) is 0 Å². The summed E-state index contributed by atoms with van der Waals surface area (Å²) in [4.78, 5) is 13.6. The van der Waals surface area contributed by atoms with Crippen molar-refractivity contribution in [2.45, 2.75) is 45.8 Å². The lowest BCUT2D eigenvalue weighted by molar-refractivity contribution is 0.162. The average molecular weight is 278 g/mol. The van der Waals surface area contributed by atoms with E-state index in [0.717, 1.165) is 12.0 Å². The zero-order valence-corrected chi connectivity index (χ0v) is 12.9. The van der Waals surface area contributed by atoms with E-state index in [4.69, 9.17) is 0 Å². The van der Waals surface area contributed by atoms with Crippen molar-refractivity contribution >= 4 is 6.03 Å². The highest BCUT2D eigenvalue weighted by Crippen LogP contribution is 2.14. The first-order valence-corrected chi connectivity index (χ1v) is 7.22. The summed E-state index contributed by atoms with van der Waals surface area (Å²) in [5.41, 5.74) is 2.39. The fraction of sp³-hybridized carbons (Fsp3) is 0.562. The molecule has 0 aromatic heterocycles. The van der Waals surface area contributed by atoms with Crippen molar-refractivity contribution < 1.29 is 9.90 Å². The molecule has 4 nitrogen and oxygen atoms in total. The number of nitrogens with zero attached hydrogens (tertiary/aromatic N) is 1. The zero-order chi connectivity index (χ0) is 15.1. The summed E-state index contributed by atoms with van der Waals surface area (Å²) >= 11 is 0. The third-order valence-corrected chi connectivity index (χ3v) is 3.46. The molecule has 0 bridgehead atoms. The van der Waals surface area contributed by atoms with Gasteiger partial charge in [0.25, 0.3) is 0 Å². The van der Waals surface area contributed by atoms with Crippen LogP contribution in [0.15, 0.2) is 24.3 Å². The van der Waals surface area contributed by atoms with E-state index in [2.05, 4.69) is 36.5 Å². The van der Waals surface area contributed by atoms with Crippen molar-refractivity contribution in [3.63, 3.8) is 0 Å². The second-order valence-electron chi connectivity index (χ2n) is 5.33. The first kappa shape index (κ1) is 16.5. The van der Waals surface area contributed by atoms with Crippen LogP contribution in [0.3, 0.4) is 0 Å². The molecule has 2 unspecified atom stereocenters. The van der Waals surface area contributed by atoms with E-state index in [-0.39, 0.29) is 18.2 Å². The molecular formula is C16H26N2O2. The molecular weight excluding hydrogens is 252 g/mol. The van der Waals surface area contributed by atoms with Gasteiger partial charge in [-0.15, -0.1) is 0 Å². The largest absolute Gasteiger partial charge is 0.393 e. The molecule has 2 N–H and O–H groups in total. The van der Waals surface area contributed by atoms with E-state index >= 15 is 0 Å². The molecule has 2 atom stereocenters. The molecule has 4 heteroatoms. The Morgan fingerprint density at radius 1 is 1.30 bits per heavy atom. The molecule has 1 aromatic carbocycles. The minimum atomic E-state index is -0.385. The van der Waals surface area contributed by atoms with Crippen LogP contribution >= 0.6 is 0 Å². The summed E-state index contributed by atoms with van der Waals surface area (Å²) in [5, 5.41) is 12.2. The van der Waals surface area contributed by atoms with Gasteiger partial charge in [-0.1, -0.05) is 31.2 Å². The molecule has 112 valence electrons. The van der Waals surface area contributed by atoms with Gasteiger partial charge in [0.1, 0.15) is 0 Å². The smallest absolute Gasteiger partial charge is 0.317 e. The summed E-state index contributed by atoms with van der Waals surface area (Å²) < 4.78 is 0. The van der Waals surface area contributed by atoms with E-state index < -0.39 is 0 Å². The van der Waals surface area contributed by atoms with Crippen LogP contribution in [0.25, 0.3) is 0 Å². The first-order chi connectivity index (χ1) is 9.43. The highest BCUT2D eigenvalue weighted by molar-refractivity contribution is 5.74. The number of aliphatic hydroxyl groups is 1. The highest BCUT2D eigenvalue weighted by atomic mass is 16.3. The first-order valence-electron chi connectivity index (χ1n) is 7.22. The van der Waals surface area contributed by atoms with Gasteiger partial charge in [0.2, 0.25) is 0 Å². The van der Waals surface area contributed by atoms with E-state index in [0.29, 0.717) is 13.0 Å². The number of benzene rings is 1. The second-order valence-corrected chi connectivity index (χ2v) is 5.33. The fourth-order valence-corrected chi connectivity index (χ4v) is 1.90. The second kappa shape index (κ2) is 7.90. The Morgan fingerprint density at radius 2 is 1.90 bits per heavy atom. The predicted octanol–water partition coefficient (Wildman–Crippen LogP) is 2.72. The Labute approximate surface area is 121 Å². The van der Waals surface area contributed by atoms with Crippen LogP contribution in [-0.4, -0.2) is 35.7 Å². The third-order valence-electron chi connectivity index (χ3n) is 3.46. The minimum Gasteiger partial charge on any atom is -0.393 e. The van der Waals surface area contributed by atoms with Gasteiger partial charge >= 0.3 is 6.03 Å². The lowest BCUT2D eigenvalue weighted by Gasteiger charge is -2.22. The standard InChI is InChI=1S/C16H26N2O2/c1-5-14-6-8-15(9-7-14)13(3)17-16(20)18(4)11-10-12(2)19/h6-9,12-13,19H,5,10-11H2,1-4H3,(H,17,20). The number of rotatable bonds is 6. The minimum absolute atomic E-state index is 0.0255. The monoisotopic (exact) mass is 278 g/mol. The van der Waals surface area contributed by atoms with Gasteiger partial charge in [-0.3, -0.25) is 0 Å². The Balaban J connectivity index is 2.51. The number of amides is 2. The molecule has 0 spiro atoms. The topological polar surface area (TPSA) is 52.6 Å². The lowest BCUT2D eigenvalue weighted by Crippen LogP contribution is -2.39. The molecule has 2 amide bonds. The summed E-state index contributed by atoms with van der Waals surface area (Å²) in [6, 6.07) is 8.16. The van der Waals surface area contributed by atoms with Crippen LogP contribution in [0.5, 0.6) is 0 Å². The quantitative estimate of drug-likeness (QED) is 0.840. The Kier molecular flexibility index (Phi) is 6.52. The molecule has 20 heavy (non-hydrogen) atoms. The Hall–Kier alpha value is -1.55. The van der Waals surface area contributed by atoms with Crippen LogP contribution in [-0.2, 0) is 6.42 Å². The molecule has 0 aliphatic carbocycles. The van der Waals surface area contributed by atoms with Crippen molar-refractivity contribution in [2.75, 3.05) is 13.6 Å². The molecule has 0 aliphatic heterocycles. The number of carbonyl (C=O) groups is 1. The summed E-state index contributed by atoms with van der Waals surface area (Å²) in [6.07, 6.45) is 1.22. The van der Waals surface area contributed by atoms with Crippen LogP contribution in [0.1, 0.15) is 44.4 Å². The number of hydrogen-bond donors (Lipinski definition) is 2. The number of carbonyl (C=O) groups excluding carboxylic acids is 1. The molecule has 0 radical (unpaired) electrons. The normalized spacial score (nSPS) is 13.7. The molecule has 0 aliphatic rings. The van der Waals surface area contributed by atoms with Gasteiger partial charge in [-0.05, 0) is 37.8 Å². The Morgan fingerprint density at radius 3 is 2.40 bits per heavy atom. The van der Waals surface area contributed by atoms with E-state index in [1.165, 1.54) is 5.56 Å². The fourth-order valence-electron chi connectivity index (χ4n) is 1.90. The molecule has 0 saturated carbocycles. The lowest BCUT2D eigenvalue weighted by atomic mass is 10.1. The third kappa shape index (κ3) is 5.21. The maximum Gasteiger partial charge on any atom is 0.317 e. The van der Waals surface area contributed by atoms with E-state index in [1.807, 2.05) is 6.92 Å². The van der Waals surface area contributed by atoms with Crippen molar-refractivity contribution in [3.8, 4) is 0 Å². The van der Waals surface area contributed by atoms with Gasteiger partial charge in [-0.25, -0.2) is 4.79 Å². The number of nitrogens with one attached hydrogen (secondary N) is 1. The van der Waals surface area contributed by atoms with Crippen molar-refractivity contribution in [1.29, 1.82) is 0 Å². The summed E-state index contributed by atoms with van der Waals surface area (Å²) in [7, 11) is 1.74. The molecule has 0 heterocycles. The van der Waals surface area contributed by atoms with Gasteiger partial charge in [0, 0.05) is 13.6 Å².